The molecule has 2 aromatic rings. The Hall–Kier alpha value is -3.48. The van der Waals surface area contributed by atoms with E-state index in [4.69, 9.17) is 19.9 Å². The number of amides is 1. The number of ether oxygens (including phenoxy) is 3. The van der Waals surface area contributed by atoms with Gasteiger partial charge in [0, 0.05) is 6.54 Å². The molecule has 0 spiro atoms. The molecule has 0 saturated carbocycles. The molecule has 1 amide bonds. The van der Waals surface area contributed by atoms with E-state index in [9.17, 15) is 9.59 Å². The van der Waals surface area contributed by atoms with Gasteiger partial charge in [0.15, 0.2) is 11.5 Å². The Balaban J connectivity index is 1.97. The first-order chi connectivity index (χ1) is 15.6. The zero-order chi connectivity index (χ0) is 24.0. The topological polar surface area (TPSA) is 91.1 Å². The van der Waals surface area contributed by atoms with Gasteiger partial charge in [-0.25, -0.2) is 4.79 Å². The Morgan fingerprint density at radius 1 is 1.06 bits per heavy atom. The van der Waals surface area contributed by atoms with Crippen LogP contribution in [-0.2, 0) is 26.2 Å². The van der Waals surface area contributed by atoms with Crippen LogP contribution >= 0.6 is 0 Å². The standard InChI is InChI=1S/C26H30N2O5/c1-25(2,3)33-23(29)19-15-26(24(27)30,17-9-7-6-8-10-17)22-18-14-21(32-5)20(31-4)13-16(18)11-12-28(19)22/h6-10,13-15,22H,11-12H2,1-5H3,(H2,27,30). The van der Waals surface area contributed by atoms with Crippen molar-refractivity contribution in [3.8, 4) is 11.5 Å². The third-order valence-corrected chi connectivity index (χ3v) is 6.25. The summed E-state index contributed by atoms with van der Waals surface area (Å²) in [5.41, 5.74) is 7.14. The van der Waals surface area contributed by atoms with Crippen LogP contribution in [0.5, 0.6) is 11.5 Å². The third-order valence-electron chi connectivity index (χ3n) is 6.25. The number of benzene rings is 2. The van der Waals surface area contributed by atoms with Crippen molar-refractivity contribution in [3.63, 3.8) is 0 Å². The molecule has 2 heterocycles. The van der Waals surface area contributed by atoms with Gasteiger partial charge in [0.05, 0.1) is 20.3 Å². The van der Waals surface area contributed by atoms with E-state index in [2.05, 4.69) is 0 Å². The van der Waals surface area contributed by atoms with E-state index in [0.717, 1.165) is 11.1 Å². The lowest BCUT2D eigenvalue weighted by Gasteiger charge is -2.42. The number of methoxy groups -OCH3 is 2. The van der Waals surface area contributed by atoms with E-state index in [1.54, 1.807) is 20.3 Å². The number of esters is 1. The maximum atomic E-state index is 13.3. The van der Waals surface area contributed by atoms with E-state index >= 15 is 0 Å². The second-order valence-corrected chi connectivity index (χ2v) is 9.38. The number of primary amides is 1. The average molecular weight is 451 g/mol. The Kier molecular flexibility index (Phi) is 5.60. The summed E-state index contributed by atoms with van der Waals surface area (Å²) in [6.45, 7) is 5.98. The van der Waals surface area contributed by atoms with Gasteiger partial charge in [-0.1, -0.05) is 30.3 Å². The molecular weight excluding hydrogens is 420 g/mol. The highest BCUT2D eigenvalue weighted by atomic mass is 16.6. The van der Waals surface area contributed by atoms with Gasteiger partial charge in [0.2, 0.25) is 5.91 Å². The van der Waals surface area contributed by atoms with Crippen LogP contribution in [0.1, 0.15) is 43.5 Å². The average Bonchev–Trinajstić information content (AvgIpc) is 3.14. The maximum absolute atomic E-state index is 13.3. The van der Waals surface area contributed by atoms with E-state index in [1.807, 2.05) is 68.1 Å². The van der Waals surface area contributed by atoms with Gasteiger partial charge in [0.1, 0.15) is 16.7 Å². The predicted octanol–water partition coefficient (Wildman–Crippen LogP) is 3.27. The molecule has 0 saturated heterocycles. The van der Waals surface area contributed by atoms with Crippen LogP contribution in [0.2, 0.25) is 0 Å². The van der Waals surface area contributed by atoms with Gasteiger partial charge in [-0.2, -0.15) is 0 Å². The Labute approximate surface area is 194 Å². The van der Waals surface area contributed by atoms with Crippen molar-refractivity contribution in [1.82, 2.24) is 4.90 Å². The molecule has 2 atom stereocenters. The fourth-order valence-corrected chi connectivity index (χ4v) is 4.88. The summed E-state index contributed by atoms with van der Waals surface area (Å²) in [5, 5.41) is 0. The van der Waals surface area contributed by atoms with Crippen LogP contribution in [-0.4, -0.2) is 43.1 Å². The second-order valence-electron chi connectivity index (χ2n) is 9.38. The zero-order valence-corrected chi connectivity index (χ0v) is 19.7. The lowest BCUT2D eigenvalue weighted by atomic mass is 9.70. The zero-order valence-electron chi connectivity index (χ0n) is 19.7. The monoisotopic (exact) mass is 450 g/mol. The molecule has 0 fully saturated rings. The van der Waals surface area contributed by atoms with Crippen molar-refractivity contribution < 1.29 is 23.8 Å². The van der Waals surface area contributed by atoms with Crippen molar-refractivity contribution in [2.24, 2.45) is 5.73 Å². The Bertz CT molecular complexity index is 1120. The SMILES string of the molecule is COc1cc2c(cc1OC)C1N(CC2)C(C(=O)OC(C)(C)C)=CC1(C(N)=O)c1ccccc1. The second kappa shape index (κ2) is 8.14. The summed E-state index contributed by atoms with van der Waals surface area (Å²) in [5.74, 6) is 0.156. The van der Waals surface area contributed by atoms with E-state index in [1.165, 1.54) is 0 Å². The lowest BCUT2D eigenvalue weighted by Crippen LogP contribution is -2.48. The third kappa shape index (κ3) is 3.71. The molecule has 7 nitrogen and oxygen atoms in total. The van der Waals surface area contributed by atoms with Crippen LogP contribution in [0, 0.1) is 0 Å². The smallest absolute Gasteiger partial charge is 0.354 e. The van der Waals surface area contributed by atoms with E-state index in [0.29, 0.717) is 35.7 Å². The summed E-state index contributed by atoms with van der Waals surface area (Å²) in [4.78, 5) is 28.5. The van der Waals surface area contributed by atoms with Crippen LogP contribution in [0.25, 0.3) is 0 Å². The summed E-state index contributed by atoms with van der Waals surface area (Å²) in [7, 11) is 3.16. The molecule has 0 radical (unpaired) electrons. The maximum Gasteiger partial charge on any atom is 0.354 e. The molecule has 2 aliphatic rings. The molecule has 7 heteroatoms. The minimum absolute atomic E-state index is 0.345. The quantitative estimate of drug-likeness (QED) is 0.703. The van der Waals surface area contributed by atoms with Crippen LogP contribution < -0.4 is 15.2 Å². The number of nitrogens with two attached hydrogens (primary N) is 1. The van der Waals surface area contributed by atoms with Crippen LogP contribution in [0.15, 0.2) is 54.2 Å². The molecule has 2 aromatic carbocycles. The first-order valence-electron chi connectivity index (χ1n) is 11.0. The molecule has 174 valence electrons. The number of nitrogens with zero attached hydrogens (tertiary/aromatic N) is 1. The molecule has 0 aromatic heterocycles. The van der Waals surface area contributed by atoms with Gasteiger partial charge in [-0.3, -0.25) is 4.79 Å². The fourth-order valence-electron chi connectivity index (χ4n) is 4.88. The Morgan fingerprint density at radius 2 is 1.70 bits per heavy atom. The molecule has 0 aliphatic carbocycles. The number of hydrogen-bond donors (Lipinski definition) is 1. The molecule has 0 bridgehead atoms. The highest BCUT2D eigenvalue weighted by molar-refractivity contribution is 5.97. The Morgan fingerprint density at radius 3 is 2.27 bits per heavy atom. The minimum atomic E-state index is -1.26. The molecule has 2 unspecified atom stereocenters. The van der Waals surface area contributed by atoms with Crippen molar-refractivity contribution in [2.75, 3.05) is 20.8 Å². The summed E-state index contributed by atoms with van der Waals surface area (Å²) in [6, 6.07) is 12.6. The van der Waals surface area contributed by atoms with Crippen molar-refractivity contribution in [2.45, 2.75) is 44.2 Å². The van der Waals surface area contributed by atoms with Crippen molar-refractivity contribution in [1.29, 1.82) is 0 Å². The number of carbonyl (C=O) groups excluding carboxylic acids is 2. The number of fused-ring (bicyclic) bond motifs is 3. The molecular formula is C26H30N2O5. The molecule has 2 aliphatic heterocycles. The van der Waals surface area contributed by atoms with Gasteiger partial charge < -0.3 is 24.8 Å². The van der Waals surface area contributed by atoms with E-state index < -0.39 is 28.9 Å². The number of carbonyl (C=O) groups is 2. The normalized spacial score (nSPS) is 21.5. The first-order valence-corrected chi connectivity index (χ1v) is 11.0. The van der Waals surface area contributed by atoms with Crippen LogP contribution in [0.3, 0.4) is 0 Å². The van der Waals surface area contributed by atoms with Gasteiger partial charge in [-0.05, 0) is 62.1 Å². The first kappa shape index (κ1) is 22.7. The van der Waals surface area contributed by atoms with Crippen LogP contribution in [0.4, 0.5) is 0 Å². The lowest BCUT2D eigenvalue weighted by molar-refractivity contribution is -0.152. The fraction of sp³-hybridized carbons (Fsp3) is 0.385. The number of rotatable bonds is 5. The van der Waals surface area contributed by atoms with Gasteiger partial charge in [0.25, 0.3) is 0 Å². The van der Waals surface area contributed by atoms with Gasteiger partial charge in [-0.15, -0.1) is 0 Å². The molecule has 4 rings (SSSR count). The predicted molar refractivity (Wildman–Crippen MR) is 124 cm³/mol. The van der Waals surface area contributed by atoms with Crippen molar-refractivity contribution in [3.05, 3.63) is 70.9 Å². The number of hydrogen-bond acceptors (Lipinski definition) is 6. The minimum Gasteiger partial charge on any atom is -0.493 e. The summed E-state index contributed by atoms with van der Waals surface area (Å²) in [6.07, 6.45) is 2.35. The largest absolute Gasteiger partial charge is 0.493 e. The highest BCUT2D eigenvalue weighted by Gasteiger charge is 2.56. The van der Waals surface area contributed by atoms with Gasteiger partial charge >= 0.3 is 5.97 Å². The molecule has 33 heavy (non-hydrogen) atoms. The van der Waals surface area contributed by atoms with Crippen molar-refractivity contribution >= 4 is 11.9 Å². The summed E-state index contributed by atoms with van der Waals surface area (Å²) < 4.78 is 16.8. The molecule has 2 N–H and O–H groups in total. The van der Waals surface area contributed by atoms with E-state index in [-0.39, 0.29) is 0 Å². The highest BCUT2D eigenvalue weighted by Crippen LogP contribution is 2.54. The summed E-state index contributed by atoms with van der Waals surface area (Å²) >= 11 is 0.